The molecule has 0 bridgehead atoms. The number of allylic oxidation sites excluding steroid dienone is 4. The molecule has 1 aliphatic carbocycles. The molecule has 0 saturated carbocycles. The van der Waals surface area contributed by atoms with Gasteiger partial charge in [0.15, 0.2) is 5.78 Å². The highest BCUT2D eigenvalue weighted by Crippen LogP contribution is 2.13. The van der Waals surface area contributed by atoms with Gasteiger partial charge in [0.2, 0.25) is 0 Å². The molecule has 0 spiro atoms. The summed E-state index contributed by atoms with van der Waals surface area (Å²) in [5, 5.41) is 0. The number of rotatable bonds is 1. The van der Waals surface area contributed by atoms with Crippen molar-refractivity contribution in [1.82, 2.24) is 0 Å². The van der Waals surface area contributed by atoms with Crippen molar-refractivity contribution in [2.75, 3.05) is 0 Å². The summed E-state index contributed by atoms with van der Waals surface area (Å²) < 4.78 is 12.5. The van der Waals surface area contributed by atoms with Crippen LogP contribution in [-0.2, 0) is 4.79 Å². The van der Waals surface area contributed by atoms with E-state index >= 15 is 0 Å². The zero-order chi connectivity index (χ0) is 7.56. The standard InChI is InChI=1S/C8H9FO/c1-6(10)7-3-2-4-8(9)5-7/h2-3,5,8H,4H2,1H3. The van der Waals surface area contributed by atoms with Gasteiger partial charge in [-0.1, -0.05) is 12.2 Å². The predicted octanol–water partition coefficient (Wildman–Crippen LogP) is 1.80. The minimum Gasteiger partial charge on any atom is -0.295 e. The molecule has 0 aromatic carbocycles. The van der Waals surface area contributed by atoms with Gasteiger partial charge in [0.25, 0.3) is 0 Å². The number of ketones is 1. The van der Waals surface area contributed by atoms with E-state index in [2.05, 4.69) is 0 Å². The molecule has 2 heteroatoms. The van der Waals surface area contributed by atoms with Crippen molar-refractivity contribution >= 4 is 5.78 Å². The van der Waals surface area contributed by atoms with Gasteiger partial charge in [-0.05, 0) is 13.0 Å². The lowest BCUT2D eigenvalue weighted by Crippen LogP contribution is -2.04. The van der Waals surface area contributed by atoms with Crippen LogP contribution < -0.4 is 0 Å². The van der Waals surface area contributed by atoms with Gasteiger partial charge in [0.1, 0.15) is 6.17 Å². The number of Topliss-reactive ketones (excluding diaryl/α,β-unsaturated/α-hetero) is 1. The molecule has 0 aliphatic heterocycles. The number of halogens is 1. The summed E-state index contributed by atoms with van der Waals surface area (Å²) in [5.74, 6) is -0.0707. The highest BCUT2D eigenvalue weighted by Gasteiger charge is 2.09. The average Bonchev–Trinajstić information content (AvgIpc) is 1.88. The Morgan fingerprint density at radius 2 is 2.50 bits per heavy atom. The van der Waals surface area contributed by atoms with E-state index in [0.29, 0.717) is 12.0 Å². The summed E-state index contributed by atoms with van der Waals surface area (Å²) in [4.78, 5) is 10.7. The topological polar surface area (TPSA) is 17.1 Å². The van der Waals surface area contributed by atoms with Crippen molar-refractivity contribution in [2.45, 2.75) is 19.5 Å². The van der Waals surface area contributed by atoms with Crippen molar-refractivity contribution in [1.29, 1.82) is 0 Å². The maximum atomic E-state index is 12.5. The minimum atomic E-state index is -0.969. The normalized spacial score (nSPS) is 24.2. The molecule has 0 N–H and O–H groups in total. The summed E-state index contributed by atoms with van der Waals surface area (Å²) in [6, 6.07) is 0. The molecule has 0 aromatic rings. The fourth-order valence-corrected chi connectivity index (χ4v) is 0.878. The first kappa shape index (κ1) is 7.19. The minimum absolute atomic E-state index is 0.0707. The van der Waals surface area contributed by atoms with Crippen molar-refractivity contribution in [3.05, 3.63) is 23.8 Å². The van der Waals surface area contributed by atoms with Crippen LogP contribution in [0.5, 0.6) is 0 Å². The van der Waals surface area contributed by atoms with Crippen LogP contribution in [0.1, 0.15) is 13.3 Å². The second kappa shape index (κ2) is 2.78. The van der Waals surface area contributed by atoms with Crippen molar-refractivity contribution in [2.24, 2.45) is 0 Å². The van der Waals surface area contributed by atoms with Gasteiger partial charge >= 0.3 is 0 Å². The van der Waals surface area contributed by atoms with Gasteiger partial charge in [-0.2, -0.15) is 0 Å². The lowest BCUT2D eigenvalue weighted by atomic mass is 10.0. The van der Waals surface area contributed by atoms with E-state index in [1.54, 1.807) is 12.2 Å². The van der Waals surface area contributed by atoms with E-state index in [-0.39, 0.29) is 5.78 Å². The molecule has 0 radical (unpaired) electrons. The van der Waals surface area contributed by atoms with E-state index in [1.165, 1.54) is 13.0 Å². The van der Waals surface area contributed by atoms with Crippen LogP contribution in [0.4, 0.5) is 4.39 Å². The Labute approximate surface area is 59.2 Å². The fourth-order valence-electron chi connectivity index (χ4n) is 0.878. The fraction of sp³-hybridized carbons (Fsp3) is 0.375. The van der Waals surface area contributed by atoms with Gasteiger partial charge in [-0.15, -0.1) is 0 Å². The molecule has 1 rings (SSSR count). The summed E-state index contributed by atoms with van der Waals surface area (Å²) in [7, 11) is 0. The molecule has 0 fully saturated rings. The summed E-state index contributed by atoms with van der Waals surface area (Å²) in [6.07, 6.45) is 4.14. The number of hydrogen-bond donors (Lipinski definition) is 0. The number of carbonyl (C=O) groups is 1. The maximum absolute atomic E-state index is 12.5. The lowest BCUT2D eigenvalue weighted by molar-refractivity contribution is -0.113. The van der Waals surface area contributed by atoms with Gasteiger partial charge in [-0.25, -0.2) is 4.39 Å². The molecular weight excluding hydrogens is 131 g/mol. The molecule has 1 unspecified atom stereocenters. The summed E-state index contributed by atoms with van der Waals surface area (Å²) >= 11 is 0. The first-order chi connectivity index (χ1) is 4.70. The van der Waals surface area contributed by atoms with Crippen LogP contribution in [0.3, 0.4) is 0 Å². The first-order valence-corrected chi connectivity index (χ1v) is 3.23. The molecule has 0 saturated heterocycles. The van der Waals surface area contributed by atoms with Gasteiger partial charge in [0, 0.05) is 12.0 Å². The Kier molecular flexibility index (Phi) is 2.00. The van der Waals surface area contributed by atoms with Crippen molar-refractivity contribution in [3.63, 3.8) is 0 Å². The largest absolute Gasteiger partial charge is 0.295 e. The van der Waals surface area contributed by atoms with E-state index in [0.717, 1.165) is 0 Å². The number of hydrogen-bond acceptors (Lipinski definition) is 1. The van der Waals surface area contributed by atoms with Crippen LogP contribution in [0.15, 0.2) is 23.8 Å². The van der Waals surface area contributed by atoms with E-state index in [4.69, 9.17) is 0 Å². The van der Waals surface area contributed by atoms with Gasteiger partial charge in [0.05, 0.1) is 0 Å². The summed E-state index contributed by atoms with van der Waals surface area (Å²) in [5.41, 5.74) is 0.485. The third-order valence-electron chi connectivity index (χ3n) is 1.43. The van der Waals surface area contributed by atoms with E-state index < -0.39 is 6.17 Å². The van der Waals surface area contributed by atoms with E-state index in [9.17, 15) is 9.18 Å². The molecule has 0 aromatic heterocycles. The second-order valence-corrected chi connectivity index (χ2v) is 2.33. The molecular formula is C8H9FO. The van der Waals surface area contributed by atoms with Crippen LogP contribution in [0.25, 0.3) is 0 Å². The second-order valence-electron chi connectivity index (χ2n) is 2.33. The molecule has 1 atom stereocenters. The quantitative estimate of drug-likeness (QED) is 0.542. The highest BCUT2D eigenvalue weighted by atomic mass is 19.1. The smallest absolute Gasteiger partial charge is 0.159 e. The molecule has 1 aliphatic rings. The number of alkyl halides is 1. The van der Waals surface area contributed by atoms with Crippen LogP contribution in [0.2, 0.25) is 0 Å². The van der Waals surface area contributed by atoms with E-state index in [1.807, 2.05) is 0 Å². The third-order valence-corrected chi connectivity index (χ3v) is 1.43. The first-order valence-electron chi connectivity index (χ1n) is 3.23. The Morgan fingerprint density at radius 3 is 2.90 bits per heavy atom. The van der Waals surface area contributed by atoms with Crippen LogP contribution in [0, 0.1) is 0 Å². The molecule has 10 heavy (non-hydrogen) atoms. The van der Waals surface area contributed by atoms with Crippen LogP contribution >= 0.6 is 0 Å². The SMILES string of the molecule is CC(=O)C1=CC(F)CC=C1. The zero-order valence-corrected chi connectivity index (χ0v) is 5.80. The Morgan fingerprint density at radius 1 is 1.80 bits per heavy atom. The Bertz CT molecular complexity index is 203. The third kappa shape index (κ3) is 1.53. The average molecular weight is 140 g/mol. The van der Waals surface area contributed by atoms with Crippen molar-refractivity contribution in [3.8, 4) is 0 Å². The predicted molar refractivity (Wildman–Crippen MR) is 37.4 cm³/mol. The molecule has 0 amide bonds. The number of carbonyl (C=O) groups excluding carboxylic acids is 1. The van der Waals surface area contributed by atoms with Crippen LogP contribution in [-0.4, -0.2) is 12.0 Å². The maximum Gasteiger partial charge on any atom is 0.159 e. The highest BCUT2D eigenvalue weighted by molar-refractivity contribution is 5.96. The zero-order valence-electron chi connectivity index (χ0n) is 5.80. The molecule has 0 heterocycles. The molecule has 54 valence electrons. The molecule has 1 nitrogen and oxygen atoms in total. The van der Waals surface area contributed by atoms with Crippen molar-refractivity contribution < 1.29 is 9.18 Å². The monoisotopic (exact) mass is 140 g/mol. The Hall–Kier alpha value is -0.920. The lowest BCUT2D eigenvalue weighted by Gasteiger charge is -2.05. The summed E-state index contributed by atoms with van der Waals surface area (Å²) in [6.45, 7) is 1.44. The van der Waals surface area contributed by atoms with Gasteiger partial charge in [-0.3, -0.25) is 4.79 Å². The van der Waals surface area contributed by atoms with Gasteiger partial charge < -0.3 is 0 Å². The Balaban J connectivity index is 2.76.